The lowest BCUT2D eigenvalue weighted by molar-refractivity contribution is 0.800. The number of aryl methyl sites for hydroxylation is 1. The van der Waals surface area contributed by atoms with Crippen LogP contribution in [-0.2, 0) is 6.42 Å². The molecule has 0 aliphatic heterocycles. The maximum Gasteiger partial charge on any atom is 0.0676 e. The summed E-state index contributed by atoms with van der Waals surface area (Å²) in [6.45, 7) is 4.31. The number of halogens is 1. The van der Waals surface area contributed by atoms with Crippen LogP contribution in [0.4, 0.5) is 0 Å². The number of rotatable bonds is 1. The highest BCUT2D eigenvalue weighted by Gasteiger charge is 2.13. The van der Waals surface area contributed by atoms with Crippen LogP contribution in [0.2, 0.25) is 0 Å². The summed E-state index contributed by atoms with van der Waals surface area (Å²) in [5.74, 6) is 0.402. The maximum atomic E-state index is 6.16. The van der Waals surface area contributed by atoms with E-state index in [2.05, 4.69) is 37.0 Å². The Balaban J connectivity index is 2.72. The lowest BCUT2D eigenvalue weighted by atomic mass is 9.98. The van der Waals surface area contributed by atoms with Crippen LogP contribution in [0.25, 0.3) is 12.2 Å². The highest BCUT2D eigenvalue weighted by Crippen LogP contribution is 2.14. The monoisotopic (exact) mass is 207 g/mol. The first kappa shape index (κ1) is 9.72. The Morgan fingerprint density at radius 3 is 2.93 bits per heavy atom. The average Bonchev–Trinajstić information content (AvgIpc) is 2.19. The second kappa shape index (κ2) is 3.74. The van der Waals surface area contributed by atoms with Crippen molar-refractivity contribution in [3.63, 3.8) is 0 Å². The zero-order chi connectivity index (χ0) is 10.1. The van der Waals surface area contributed by atoms with Crippen molar-refractivity contribution >= 4 is 23.8 Å². The van der Waals surface area contributed by atoms with Crippen molar-refractivity contribution in [2.45, 2.75) is 25.6 Å². The number of pyridine rings is 1. The fourth-order valence-corrected chi connectivity index (χ4v) is 2.01. The molecule has 1 aromatic rings. The van der Waals surface area contributed by atoms with Crippen molar-refractivity contribution < 1.29 is 0 Å². The van der Waals surface area contributed by atoms with E-state index in [0.717, 1.165) is 11.8 Å². The predicted octanol–water partition coefficient (Wildman–Crippen LogP) is 1.46. The van der Waals surface area contributed by atoms with Gasteiger partial charge in [-0.3, -0.25) is 4.98 Å². The van der Waals surface area contributed by atoms with Gasteiger partial charge in [-0.15, -0.1) is 11.6 Å². The van der Waals surface area contributed by atoms with Crippen LogP contribution in [-0.4, -0.2) is 10.4 Å². The van der Waals surface area contributed by atoms with E-state index in [-0.39, 0.29) is 5.38 Å². The van der Waals surface area contributed by atoms with Crippen LogP contribution >= 0.6 is 11.6 Å². The predicted molar refractivity (Wildman–Crippen MR) is 60.6 cm³/mol. The molecule has 1 aromatic heterocycles. The third-order valence-electron chi connectivity index (χ3n) is 2.74. The number of nitrogens with zero attached hydrogens (tertiary/aromatic N) is 1. The molecule has 2 atom stereocenters. The summed E-state index contributed by atoms with van der Waals surface area (Å²) < 4.78 is 0. The fourth-order valence-electron chi connectivity index (χ4n) is 1.82. The molecule has 0 radical (unpaired) electrons. The SMILES string of the molecule is CCc1ccnc2c1=CC(C)C(Cl)C=2. The van der Waals surface area contributed by atoms with Crippen molar-refractivity contribution in [2.24, 2.45) is 5.92 Å². The molecule has 0 amide bonds. The molecule has 0 fully saturated rings. The largest absolute Gasteiger partial charge is 0.257 e. The van der Waals surface area contributed by atoms with Gasteiger partial charge < -0.3 is 0 Å². The molecule has 1 nitrogen and oxygen atoms in total. The van der Waals surface area contributed by atoms with Gasteiger partial charge in [0.1, 0.15) is 0 Å². The maximum absolute atomic E-state index is 6.16. The summed E-state index contributed by atoms with van der Waals surface area (Å²) in [6.07, 6.45) is 7.20. The van der Waals surface area contributed by atoms with Crippen LogP contribution in [0.5, 0.6) is 0 Å². The molecule has 1 aliphatic rings. The smallest absolute Gasteiger partial charge is 0.0676 e. The van der Waals surface area contributed by atoms with Crippen molar-refractivity contribution in [1.82, 2.24) is 4.98 Å². The van der Waals surface area contributed by atoms with E-state index in [1.54, 1.807) is 0 Å². The first-order valence-electron chi connectivity index (χ1n) is 5.04. The average molecular weight is 208 g/mol. The molecular weight excluding hydrogens is 194 g/mol. The van der Waals surface area contributed by atoms with Gasteiger partial charge in [-0.2, -0.15) is 0 Å². The van der Waals surface area contributed by atoms with Crippen LogP contribution in [0.1, 0.15) is 19.4 Å². The molecule has 1 aliphatic carbocycles. The Kier molecular flexibility index (Phi) is 2.60. The van der Waals surface area contributed by atoms with Gasteiger partial charge in [0.15, 0.2) is 0 Å². The van der Waals surface area contributed by atoms with E-state index in [0.29, 0.717) is 5.92 Å². The van der Waals surface area contributed by atoms with Gasteiger partial charge >= 0.3 is 0 Å². The first-order valence-corrected chi connectivity index (χ1v) is 5.47. The van der Waals surface area contributed by atoms with Gasteiger partial charge in [0, 0.05) is 6.20 Å². The van der Waals surface area contributed by atoms with Gasteiger partial charge in [0.2, 0.25) is 0 Å². The number of fused-ring (bicyclic) bond motifs is 1. The van der Waals surface area contributed by atoms with E-state index in [9.17, 15) is 0 Å². The molecule has 0 bridgehead atoms. The third-order valence-corrected chi connectivity index (χ3v) is 3.26. The molecule has 0 saturated heterocycles. The van der Waals surface area contributed by atoms with Gasteiger partial charge in [0.25, 0.3) is 0 Å². The van der Waals surface area contributed by atoms with Crippen LogP contribution in [0.15, 0.2) is 12.3 Å². The summed E-state index contributed by atoms with van der Waals surface area (Å²) in [6, 6.07) is 2.09. The normalized spacial score (nSPS) is 24.8. The molecule has 14 heavy (non-hydrogen) atoms. The quantitative estimate of drug-likeness (QED) is 0.636. The first-order chi connectivity index (χ1) is 6.72. The van der Waals surface area contributed by atoms with Crippen LogP contribution in [0.3, 0.4) is 0 Å². The molecular formula is C12H14ClN. The van der Waals surface area contributed by atoms with Gasteiger partial charge in [-0.1, -0.05) is 19.9 Å². The molecule has 0 N–H and O–H groups in total. The van der Waals surface area contributed by atoms with Crippen molar-refractivity contribution in [3.05, 3.63) is 28.4 Å². The highest BCUT2D eigenvalue weighted by molar-refractivity contribution is 6.24. The summed E-state index contributed by atoms with van der Waals surface area (Å²) in [7, 11) is 0. The number of aromatic nitrogens is 1. The molecule has 74 valence electrons. The Morgan fingerprint density at radius 2 is 2.21 bits per heavy atom. The zero-order valence-electron chi connectivity index (χ0n) is 8.50. The zero-order valence-corrected chi connectivity index (χ0v) is 9.25. The number of hydrogen-bond acceptors (Lipinski definition) is 1. The van der Waals surface area contributed by atoms with Crippen molar-refractivity contribution in [1.29, 1.82) is 0 Å². The summed E-state index contributed by atoms with van der Waals surface area (Å²) in [5.41, 5.74) is 1.36. The Labute approximate surface area is 89.1 Å². The van der Waals surface area contributed by atoms with Crippen molar-refractivity contribution in [3.8, 4) is 0 Å². The second-order valence-corrected chi connectivity index (χ2v) is 4.26. The molecule has 0 saturated carbocycles. The van der Waals surface area contributed by atoms with E-state index in [1.807, 2.05) is 6.20 Å². The molecule has 0 spiro atoms. The fraction of sp³-hybridized carbons (Fsp3) is 0.417. The lowest BCUT2D eigenvalue weighted by Gasteiger charge is -2.15. The molecule has 2 unspecified atom stereocenters. The number of alkyl halides is 1. The molecule has 2 heteroatoms. The van der Waals surface area contributed by atoms with E-state index >= 15 is 0 Å². The van der Waals surface area contributed by atoms with E-state index in [1.165, 1.54) is 10.8 Å². The minimum Gasteiger partial charge on any atom is -0.257 e. The topological polar surface area (TPSA) is 12.9 Å². The lowest BCUT2D eigenvalue weighted by Crippen LogP contribution is -2.37. The second-order valence-electron chi connectivity index (χ2n) is 3.76. The summed E-state index contributed by atoms with van der Waals surface area (Å²) >= 11 is 6.16. The minimum atomic E-state index is 0.0853. The van der Waals surface area contributed by atoms with Gasteiger partial charge in [0.05, 0.1) is 10.7 Å². The molecule has 1 heterocycles. The molecule has 2 rings (SSSR count). The molecule has 0 aromatic carbocycles. The standard InChI is InChI=1S/C12H14ClN/c1-3-9-4-5-14-12-7-11(13)8(2)6-10(9)12/h4-8,11H,3H2,1-2H3. The van der Waals surface area contributed by atoms with E-state index in [4.69, 9.17) is 11.6 Å². The van der Waals surface area contributed by atoms with Gasteiger partial charge in [-0.25, -0.2) is 0 Å². The van der Waals surface area contributed by atoms with Crippen LogP contribution < -0.4 is 10.6 Å². The Hall–Kier alpha value is -0.820. The van der Waals surface area contributed by atoms with Crippen molar-refractivity contribution in [2.75, 3.05) is 0 Å². The summed E-state index contributed by atoms with van der Waals surface area (Å²) in [5, 5.41) is 2.41. The highest BCUT2D eigenvalue weighted by atomic mass is 35.5. The number of hydrogen-bond donors (Lipinski definition) is 0. The third kappa shape index (κ3) is 1.57. The minimum absolute atomic E-state index is 0.0853. The Bertz CT molecular complexity index is 450. The van der Waals surface area contributed by atoms with E-state index < -0.39 is 0 Å². The van der Waals surface area contributed by atoms with Gasteiger partial charge in [-0.05, 0) is 35.3 Å². The van der Waals surface area contributed by atoms with Crippen LogP contribution in [0, 0.1) is 5.92 Å². The Morgan fingerprint density at radius 1 is 1.43 bits per heavy atom. The summed E-state index contributed by atoms with van der Waals surface area (Å²) in [4.78, 5) is 4.34.